The van der Waals surface area contributed by atoms with Crippen molar-refractivity contribution in [3.8, 4) is 17.2 Å². The van der Waals surface area contributed by atoms with Crippen LogP contribution in [0.25, 0.3) is 0 Å². The van der Waals surface area contributed by atoms with Crippen molar-refractivity contribution < 1.29 is 23.0 Å². The minimum absolute atomic E-state index is 0.265. The largest absolute Gasteiger partial charge is 0.493 e. The molecule has 1 aromatic rings. The standard InChI is InChI=1S/C14H21F2NO3/c1-5-8-17-11(14(15)16)9-6-7-10(18-2)13(20-4)12(9)19-3/h6-7,11,14,17H,5,8H2,1-4H3. The zero-order valence-electron chi connectivity index (χ0n) is 12.2. The molecular formula is C14H21F2NO3. The fraction of sp³-hybridized carbons (Fsp3) is 0.571. The topological polar surface area (TPSA) is 39.7 Å². The molecule has 1 aromatic carbocycles. The number of alkyl halides is 2. The summed E-state index contributed by atoms with van der Waals surface area (Å²) < 4.78 is 42.1. The Bertz CT molecular complexity index is 427. The highest BCUT2D eigenvalue weighted by Gasteiger charge is 2.28. The van der Waals surface area contributed by atoms with Gasteiger partial charge in [-0.2, -0.15) is 0 Å². The molecule has 0 heterocycles. The van der Waals surface area contributed by atoms with E-state index >= 15 is 0 Å². The highest BCUT2D eigenvalue weighted by atomic mass is 19.3. The Labute approximate surface area is 118 Å². The third-order valence-corrected chi connectivity index (χ3v) is 2.94. The van der Waals surface area contributed by atoms with Crippen LogP contribution in [0, 0.1) is 0 Å². The molecule has 0 fully saturated rings. The second-order valence-corrected chi connectivity index (χ2v) is 4.19. The van der Waals surface area contributed by atoms with Crippen LogP contribution >= 0.6 is 0 Å². The van der Waals surface area contributed by atoms with Crippen molar-refractivity contribution in [3.05, 3.63) is 17.7 Å². The maximum Gasteiger partial charge on any atom is 0.257 e. The Hall–Kier alpha value is -1.56. The summed E-state index contributed by atoms with van der Waals surface area (Å²) >= 11 is 0. The summed E-state index contributed by atoms with van der Waals surface area (Å²) in [7, 11) is 4.35. The molecule has 0 aliphatic heterocycles. The van der Waals surface area contributed by atoms with Gasteiger partial charge in [0.1, 0.15) is 0 Å². The lowest BCUT2D eigenvalue weighted by Crippen LogP contribution is -2.28. The predicted octanol–water partition coefficient (Wildman–Crippen LogP) is 3.02. The minimum Gasteiger partial charge on any atom is -0.493 e. The van der Waals surface area contributed by atoms with Gasteiger partial charge >= 0.3 is 0 Å². The van der Waals surface area contributed by atoms with Crippen molar-refractivity contribution in [2.75, 3.05) is 27.9 Å². The van der Waals surface area contributed by atoms with Crippen LogP contribution in [0.15, 0.2) is 12.1 Å². The molecule has 0 saturated heterocycles. The molecule has 4 nitrogen and oxygen atoms in total. The third-order valence-electron chi connectivity index (χ3n) is 2.94. The first kappa shape index (κ1) is 16.5. The van der Waals surface area contributed by atoms with E-state index in [1.807, 2.05) is 6.92 Å². The molecule has 1 atom stereocenters. The molecule has 0 bridgehead atoms. The molecule has 114 valence electrons. The van der Waals surface area contributed by atoms with Gasteiger partial charge in [0.2, 0.25) is 5.75 Å². The summed E-state index contributed by atoms with van der Waals surface area (Å²) in [5.41, 5.74) is 0.355. The van der Waals surface area contributed by atoms with Crippen molar-refractivity contribution >= 4 is 0 Å². The molecule has 0 amide bonds. The smallest absolute Gasteiger partial charge is 0.257 e. The van der Waals surface area contributed by atoms with E-state index in [-0.39, 0.29) is 5.75 Å². The van der Waals surface area contributed by atoms with Crippen molar-refractivity contribution in [1.82, 2.24) is 5.32 Å². The normalized spacial score (nSPS) is 12.3. The van der Waals surface area contributed by atoms with Gasteiger partial charge in [-0.05, 0) is 25.1 Å². The molecule has 0 radical (unpaired) electrons. The number of rotatable bonds is 8. The zero-order chi connectivity index (χ0) is 15.1. The number of methoxy groups -OCH3 is 3. The van der Waals surface area contributed by atoms with Gasteiger partial charge in [-0.3, -0.25) is 0 Å². The molecule has 20 heavy (non-hydrogen) atoms. The maximum atomic E-state index is 13.3. The van der Waals surface area contributed by atoms with E-state index in [0.29, 0.717) is 23.6 Å². The second-order valence-electron chi connectivity index (χ2n) is 4.19. The lowest BCUT2D eigenvalue weighted by Gasteiger charge is -2.22. The maximum absolute atomic E-state index is 13.3. The molecule has 0 aliphatic rings. The Morgan fingerprint density at radius 1 is 1.05 bits per heavy atom. The summed E-state index contributed by atoms with van der Waals surface area (Å²) in [5, 5.41) is 2.82. The first-order valence-electron chi connectivity index (χ1n) is 6.41. The molecule has 6 heteroatoms. The first-order valence-corrected chi connectivity index (χ1v) is 6.41. The molecule has 1 unspecified atom stereocenters. The van der Waals surface area contributed by atoms with Gasteiger partial charge in [0.15, 0.2) is 11.5 Å². The second kappa shape index (κ2) is 7.89. The van der Waals surface area contributed by atoms with Gasteiger partial charge in [0.25, 0.3) is 6.43 Å². The highest BCUT2D eigenvalue weighted by Crippen LogP contribution is 2.43. The first-order chi connectivity index (χ1) is 9.60. The van der Waals surface area contributed by atoms with Crippen molar-refractivity contribution in [3.63, 3.8) is 0 Å². The monoisotopic (exact) mass is 289 g/mol. The van der Waals surface area contributed by atoms with Crippen molar-refractivity contribution in [1.29, 1.82) is 0 Å². The molecule has 0 saturated carbocycles. The summed E-state index contributed by atoms with van der Waals surface area (Å²) in [6.45, 7) is 2.41. The van der Waals surface area contributed by atoms with Crippen molar-refractivity contribution in [2.24, 2.45) is 0 Å². The van der Waals surface area contributed by atoms with Crippen LogP contribution in [0.4, 0.5) is 8.78 Å². The Morgan fingerprint density at radius 2 is 1.70 bits per heavy atom. The van der Waals surface area contributed by atoms with E-state index in [9.17, 15) is 8.78 Å². The summed E-state index contributed by atoms with van der Waals surface area (Å²) in [6.07, 6.45) is -1.78. The van der Waals surface area contributed by atoms with E-state index < -0.39 is 12.5 Å². The molecule has 0 aromatic heterocycles. The predicted molar refractivity (Wildman–Crippen MR) is 73.1 cm³/mol. The van der Waals surface area contributed by atoms with Crippen LogP contribution in [-0.2, 0) is 0 Å². The van der Waals surface area contributed by atoms with Crippen LogP contribution in [0.1, 0.15) is 24.9 Å². The van der Waals surface area contributed by atoms with Gasteiger partial charge in [0, 0.05) is 5.56 Å². The Balaban J connectivity index is 3.26. The number of hydrogen-bond donors (Lipinski definition) is 1. The number of nitrogens with one attached hydrogen (secondary N) is 1. The van der Waals surface area contributed by atoms with Gasteiger partial charge in [-0.1, -0.05) is 6.92 Å². The number of ether oxygens (including phenoxy) is 3. The molecule has 1 rings (SSSR count). The third kappa shape index (κ3) is 3.50. The lowest BCUT2D eigenvalue weighted by molar-refractivity contribution is 0.0969. The van der Waals surface area contributed by atoms with Gasteiger partial charge < -0.3 is 19.5 Å². The van der Waals surface area contributed by atoms with Gasteiger partial charge in [-0.15, -0.1) is 0 Å². The minimum atomic E-state index is -2.55. The van der Waals surface area contributed by atoms with E-state index in [1.165, 1.54) is 21.3 Å². The summed E-state index contributed by atoms with van der Waals surface area (Å²) in [5.74, 6) is 1.02. The Morgan fingerprint density at radius 3 is 2.15 bits per heavy atom. The van der Waals surface area contributed by atoms with E-state index in [0.717, 1.165) is 6.42 Å². The highest BCUT2D eigenvalue weighted by molar-refractivity contribution is 5.56. The number of benzene rings is 1. The SMILES string of the molecule is CCCNC(c1ccc(OC)c(OC)c1OC)C(F)F. The van der Waals surface area contributed by atoms with Crippen LogP contribution in [0.5, 0.6) is 17.2 Å². The van der Waals surface area contributed by atoms with Gasteiger partial charge in [0.05, 0.1) is 27.4 Å². The molecular weight excluding hydrogens is 268 g/mol. The van der Waals surface area contributed by atoms with E-state index in [1.54, 1.807) is 12.1 Å². The summed E-state index contributed by atoms with van der Waals surface area (Å²) in [6, 6.07) is 2.06. The number of hydrogen-bond acceptors (Lipinski definition) is 4. The lowest BCUT2D eigenvalue weighted by atomic mass is 10.0. The molecule has 1 N–H and O–H groups in total. The fourth-order valence-electron chi connectivity index (χ4n) is 2.00. The zero-order valence-corrected chi connectivity index (χ0v) is 12.2. The average molecular weight is 289 g/mol. The molecule has 0 spiro atoms. The van der Waals surface area contributed by atoms with Crippen LogP contribution < -0.4 is 19.5 Å². The molecule has 0 aliphatic carbocycles. The van der Waals surface area contributed by atoms with Crippen LogP contribution in [0.2, 0.25) is 0 Å². The average Bonchev–Trinajstić information content (AvgIpc) is 2.46. The van der Waals surface area contributed by atoms with E-state index in [4.69, 9.17) is 14.2 Å². The van der Waals surface area contributed by atoms with E-state index in [2.05, 4.69) is 5.32 Å². The van der Waals surface area contributed by atoms with Crippen LogP contribution in [0.3, 0.4) is 0 Å². The Kier molecular flexibility index (Phi) is 6.51. The number of halogens is 2. The van der Waals surface area contributed by atoms with Gasteiger partial charge in [-0.25, -0.2) is 8.78 Å². The quantitative estimate of drug-likeness (QED) is 0.798. The van der Waals surface area contributed by atoms with Crippen molar-refractivity contribution in [2.45, 2.75) is 25.8 Å². The van der Waals surface area contributed by atoms with Crippen LogP contribution in [-0.4, -0.2) is 34.3 Å². The summed E-state index contributed by atoms with van der Waals surface area (Å²) in [4.78, 5) is 0. The fourth-order valence-corrected chi connectivity index (χ4v) is 2.00.